The molecule has 4 saturated carbocycles. The molecule has 0 aromatic rings. The molecule has 9 heteroatoms. The molecule has 4 rings (SSSR count). The molecule has 210 valence electrons. The summed E-state index contributed by atoms with van der Waals surface area (Å²) in [6.45, 7) is 3.76. The molecule has 0 amide bonds. The van der Waals surface area contributed by atoms with E-state index in [1.807, 2.05) is 13.8 Å². The summed E-state index contributed by atoms with van der Waals surface area (Å²) in [5, 5.41) is 0. The number of carbonyl (C=O) groups excluding carboxylic acids is 4. The fourth-order valence-electron chi connectivity index (χ4n) is 8.81. The molecule has 0 spiro atoms. The van der Waals surface area contributed by atoms with Crippen LogP contribution >= 0.6 is 0 Å². The molecule has 0 N–H and O–H groups in total. The van der Waals surface area contributed by atoms with E-state index in [-0.39, 0.29) is 44.1 Å². The largest absolute Gasteiger partial charge is 2.00 e. The Morgan fingerprint density at radius 2 is 0.865 bits per heavy atom. The predicted octanol–water partition coefficient (Wildman–Crippen LogP) is 4.00. The first-order valence-electron chi connectivity index (χ1n) is 13.2. The first kappa shape index (κ1) is 29.8. The van der Waals surface area contributed by atoms with Gasteiger partial charge in [0, 0.05) is 0 Å². The minimum Gasteiger partial charge on any atom is -0.491 e. The minimum absolute atomic E-state index is 0. The van der Waals surface area contributed by atoms with Crippen LogP contribution in [0, 0.1) is 45.3 Å². The molecule has 4 aliphatic carbocycles. The molecule has 0 saturated heterocycles. The maximum Gasteiger partial charge on any atom is 2.00 e. The van der Waals surface area contributed by atoms with Gasteiger partial charge in [-0.2, -0.15) is 0 Å². The summed E-state index contributed by atoms with van der Waals surface area (Å²) < 4.78 is 21.3. The van der Waals surface area contributed by atoms with Crippen LogP contribution in [-0.2, 0) is 58.5 Å². The second-order valence-electron chi connectivity index (χ2n) is 11.3. The molecule has 0 aliphatic heterocycles. The minimum atomic E-state index is -1.70. The normalized spacial score (nSPS) is 35.6. The number of hydrogen-bond acceptors (Lipinski definition) is 8. The summed E-state index contributed by atoms with van der Waals surface area (Å²) in [4.78, 5) is 55.1. The Balaban J connectivity index is 0.00000380. The zero-order valence-electron chi connectivity index (χ0n) is 22.8. The average Bonchev–Trinajstić information content (AvgIpc) is 3.73. The Labute approximate surface area is 233 Å². The summed E-state index contributed by atoms with van der Waals surface area (Å²) in [5.74, 6) is -2.31. The Kier molecular flexibility index (Phi) is 8.43. The average molecular weight is 611 g/mol. The number of esters is 4. The van der Waals surface area contributed by atoms with Crippen LogP contribution < -0.4 is 0 Å². The van der Waals surface area contributed by atoms with Gasteiger partial charge in [0.1, 0.15) is 0 Å². The first-order chi connectivity index (χ1) is 17.1. The van der Waals surface area contributed by atoms with Crippen molar-refractivity contribution in [2.75, 3.05) is 28.4 Å². The molecule has 4 atom stereocenters. The van der Waals surface area contributed by atoms with E-state index in [1.165, 1.54) is 28.4 Å². The van der Waals surface area contributed by atoms with E-state index in [4.69, 9.17) is 18.9 Å². The molecule has 4 aliphatic rings. The summed E-state index contributed by atoms with van der Waals surface area (Å²) in [7, 11) is 5.09. The van der Waals surface area contributed by atoms with Crippen LogP contribution in [-0.4, -0.2) is 52.3 Å². The third-order valence-electron chi connectivity index (χ3n) is 10.4. The molecule has 0 aromatic carbocycles. The number of methoxy groups -OCH3 is 4. The van der Waals surface area contributed by atoms with Crippen molar-refractivity contribution in [1.29, 1.82) is 0 Å². The van der Waals surface area contributed by atoms with E-state index in [0.717, 1.165) is 64.2 Å². The summed E-state index contributed by atoms with van der Waals surface area (Å²) in [6, 6.07) is 0. The zero-order valence-corrected chi connectivity index (χ0v) is 24.4. The fourth-order valence-corrected chi connectivity index (χ4v) is 8.81. The molecular formula is C28H40O8Pd. The van der Waals surface area contributed by atoms with Crippen molar-refractivity contribution in [2.24, 2.45) is 33.5 Å². The van der Waals surface area contributed by atoms with Gasteiger partial charge >= 0.3 is 20.4 Å². The zero-order chi connectivity index (χ0) is 26.5. The Hall–Kier alpha value is -1.72. The molecule has 0 aromatic heterocycles. The summed E-state index contributed by atoms with van der Waals surface area (Å²) >= 11 is 0. The maximum atomic E-state index is 14.1. The van der Waals surface area contributed by atoms with Gasteiger partial charge in [0.2, 0.25) is 0 Å². The van der Waals surface area contributed by atoms with Crippen molar-refractivity contribution in [3.05, 3.63) is 11.8 Å². The SMILES string of the molecule is COC(=O)[C-]1[C@](C(=O)OC)([C@@]2(C(=O)OC)[C-](C(=O)OC)[C@]2(C)C2CCCCC2)[C@@]1(C)C1CCCCC1.[Pd+2]. The van der Waals surface area contributed by atoms with Gasteiger partial charge in [-0.3, -0.25) is 31.0 Å². The van der Waals surface area contributed by atoms with E-state index >= 15 is 0 Å². The second-order valence-corrected chi connectivity index (χ2v) is 11.3. The van der Waals surface area contributed by atoms with Crippen molar-refractivity contribution in [2.45, 2.75) is 78.1 Å². The number of ether oxygens (including phenoxy) is 4. The Morgan fingerprint density at radius 1 is 0.568 bits per heavy atom. The molecule has 0 bridgehead atoms. The first-order valence-corrected chi connectivity index (χ1v) is 13.2. The number of carbonyl (C=O) groups is 4. The predicted molar refractivity (Wildman–Crippen MR) is 129 cm³/mol. The van der Waals surface area contributed by atoms with Gasteiger partial charge in [-0.1, -0.05) is 101 Å². The van der Waals surface area contributed by atoms with Crippen LogP contribution in [0.2, 0.25) is 0 Å². The Morgan fingerprint density at radius 3 is 1.11 bits per heavy atom. The molecular weight excluding hydrogens is 571 g/mol. The third kappa shape index (κ3) is 3.48. The standard InChI is InChI=1S/C28H40O8.Pd/c1-25(17-13-9-7-10-14-17)19(21(29)33-3)27(25,23(31)35-5)28(24(32)36-6)20(22(30)34-4)26(28,2)18-15-11-8-12-16-18;/h17-18H,7-16H2,1-6H3;/q-2;+2/t25-,26-,27+,28+;/m0./s1. The van der Waals surface area contributed by atoms with Gasteiger partial charge in [0.05, 0.1) is 28.4 Å². The van der Waals surface area contributed by atoms with E-state index in [1.54, 1.807) is 0 Å². The number of rotatable bonds is 7. The maximum absolute atomic E-state index is 14.1. The van der Waals surface area contributed by atoms with Gasteiger partial charge in [-0.05, 0) is 0 Å². The van der Waals surface area contributed by atoms with Gasteiger partial charge in [-0.15, -0.1) is 10.8 Å². The van der Waals surface area contributed by atoms with Gasteiger partial charge in [-0.25, -0.2) is 0 Å². The summed E-state index contributed by atoms with van der Waals surface area (Å²) in [6.07, 6.45) is 9.23. The van der Waals surface area contributed by atoms with Crippen LogP contribution in [0.5, 0.6) is 0 Å². The van der Waals surface area contributed by atoms with Gasteiger partial charge in [0.25, 0.3) is 11.9 Å². The van der Waals surface area contributed by atoms with Crippen molar-refractivity contribution < 1.29 is 58.5 Å². The van der Waals surface area contributed by atoms with Crippen molar-refractivity contribution in [1.82, 2.24) is 0 Å². The van der Waals surface area contributed by atoms with Gasteiger partial charge in [0.15, 0.2) is 11.9 Å². The smallest absolute Gasteiger partial charge is 0.491 e. The van der Waals surface area contributed by atoms with Crippen LogP contribution in [0.15, 0.2) is 0 Å². The van der Waals surface area contributed by atoms with Crippen molar-refractivity contribution in [3.63, 3.8) is 0 Å². The molecule has 0 unspecified atom stereocenters. The van der Waals surface area contributed by atoms with Crippen molar-refractivity contribution >= 4 is 23.9 Å². The van der Waals surface area contributed by atoms with E-state index in [2.05, 4.69) is 0 Å². The second kappa shape index (κ2) is 10.5. The topological polar surface area (TPSA) is 105 Å². The molecule has 0 radical (unpaired) electrons. The van der Waals surface area contributed by atoms with Gasteiger partial charge < -0.3 is 18.9 Å². The van der Waals surface area contributed by atoms with Crippen LogP contribution in [0.1, 0.15) is 78.1 Å². The molecule has 8 nitrogen and oxygen atoms in total. The van der Waals surface area contributed by atoms with E-state index in [9.17, 15) is 19.2 Å². The molecule has 37 heavy (non-hydrogen) atoms. The van der Waals surface area contributed by atoms with Crippen LogP contribution in [0.4, 0.5) is 0 Å². The van der Waals surface area contributed by atoms with Crippen LogP contribution in [0.3, 0.4) is 0 Å². The summed E-state index contributed by atoms with van der Waals surface area (Å²) in [5.41, 5.74) is -5.44. The molecule has 4 fully saturated rings. The van der Waals surface area contributed by atoms with E-state index < -0.39 is 45.5 Å². The Bertz CT molecular complexity index is 851. The van der Waals surface area contributed by atoms with E-state index in [0.29, 0.717) is 0 Å². The third-order valence-corrected chi connectivity index (χ3v) is 10.4. The fraction of sp³-hybridized carbons (Fsp3) is 0.786. The van der Waals surface area contributed by atoms with Crippen molar-refractivity contribution in [3.8, 4) is 0 Å². The monoisotopic (exact) mass is 610 g/mol. The number of hydrogen-bond donors (Lipinski definition) is 0. The molecule has 0 heterocycles. The van der Waals surface area contributed by atoms with Crippen LogP contribution in [0.25, 0.3) is 0 Å². The quantitative estimate of drug-likeness (QED) is 0.184.